The minimum absolute atomic E-state index is 0.170. The van der Waals surface area contributed by atoms with Crippen molar-refractivity contribution in [3.05, 3.63) is 42.1 Å². The van der Waals surface area contributed by atoms with Crippen LogP contribution in [0.2, 0.25) is 0 Å². The first-order valence-corrected chi connectivity index (χ1v) is 8.04. The number of hydrogen-bond acceptors (Lipinski definition) is 3. The van der Waals surface area contributed by atoms with Gasteiger partial charge in [-0.15, -0.1) is 0 Å². The van der Waals surface area contributed by atoms with Gasteiger partial charge in [-0.1, -0.05) is 30.7 Å². The zero-order chi connectivity index (χ0) is 14.8. The quantitative estimate of drug-likeness (QED) is 0.917. The van der Waals surface area contributed by atoms with Gasteiger partial charge in [0.1, 0.15) is 0 Å². The van der Waals surface area contributed by atoms with Crippen LogP contribution in [0.3, 0.4) is 0 Å². The van der Waals surface area contributed by atoms with Gasteiger partial charge in [-0.05, 0) is 45.4 Å². The SMILES string of the molecule is CC(C)N1CCCCC(N)C1c1ccc2ccccc2n1. The van der Waals surface area contributed by atoms with Gasteiger partial charge in [-0.25, -0.2) is 0 Å². The van der Waals surface area contributed by atoms with Crippen molar-refractivity contribution < 1.29 is 0 Å². The van der Waals surface area contributed by atoms with E-state index in [1.54, 1.807) is 0 Å². The van der Waals surface area contributed by atoms with Gasteiger partial charge in [0.15, 0.2) is 0 Å². The van der Waals surface area contributed by atoms with E-state index in [4.69, 9.17) is 10.7 Å². The van der Waals surface area contributed by atoms with Gasteiger partial charge in [0, 0.05) is 17.5 Å². The molecule has 3 nitrogen and oxygen atoms in total. The van der Waals surface area contributed by atoms with Crippen LogP contribution < -0.4 is 5.73 Å². The van der Waals surface area contributed by atoms with E-state index < -0.39 is 0 Å². The third-order valence-corrected chi connectivity index (χ3v) is 4.55. The molecule has 3 heteroatoms. The van der Waals surface area contributed by atoms with Gasteiger partial charge in [0.25, 0.3) is 0 Å². The number of fused-ring (bicyclic) bond motifs is 1. The molecule has 1 aliphatic rings. The molecule has 2 aromatic rings. The minimum Gasteiger partial charge on any atom is -0.326 e. The van der Waals surface area contributed by atoms with Crippen LogP contribution in [-0.2, 0) is 0 Å². The molecule has 1 aromatic carbocycles. The zero-order valence-corrected chi connectivity index (χ0v) is 13.0. The Bertz CT molecular complexity index is 608. The highest BCUT2D eigenvalue weighted by Crippen LogP contribution is 2.31. The van der Waals surface area contributed by atoms with E-state index in [0.29, 0.717) is 6.04 Å². The molecule has 0 aliphatic carbocycles. The summed E-state index contributed by atoms with van der Waals surface area (Å²) in [5.74, 6) is 0. The number of hydrogen-bond donors (Lipinski definition) is 1. The minimum atomic E-state index is 0.170. The highest BCUT2D eigenvalue weighted by atomic mass is 15.2. The first kappa shape index (κ1) is 14.5. The summed E-state index contributed by atoms with van der Waals surface area (Å²) >= 11 is 0. The van der Waals surface area contributed by atoms with Crippen molar-refractivity contribution in [3.8, 4) is 0 Å². The number of benzene rings is 1. The summed E-state index contributed by atoms with van der Waals surface area (Å²) in [4.78, 5) is 7.42. The molecule has 1 aromatic heterocycles. The zero-order valence-electron chi connectivity index (χ0n) is 13.0. The summed E-state index contributed by atoms with van der Waals surface area (Å²) < 4.78 is 0. The molecule has 0 radical (unpaired) electrons. The summed E-state index contributed by atoms with van der Waals surface area (Å²) in [6.45, 7) is 5.63. The number of aromatic nitrogens is 1. The third-order valence-electron chi connectivity index (χ3n) is 4.55. The number of para-hydroxylation sites is 1. The number of nitrogens with two attached hydrogens (primary N) is 1. The van der Waals surface area contributed by atoms with E-state index in [1.807, 2.05) is 6.07 Å². The maximum atomic E-state index is 6.50. The largest absolute Gasteiger partial charge is 0.326 e. The highest BCUT2D eigenvalue weighted by molar-refractivity contribution is 5.78. The molecule has 0 saturated carbocycles. The molecule has 3 rings (SSSR count). The lowest BCUT2D eigenvalue weighted by Gasteiger charge is -2.36. The Morgan fingerprint density at radius 1 is 1.14 bits per heavy atom. The molecule has 2 heterocycles. The van der Waals surface area contributed by atoms with E-state index in [1.165, 1.54) is 18.2 Å². The predicted octanol–water partition coefficient (Wildman–Crippen LogP) is 3.50. The van der Waals surface area contributed by atoms with Crippen molar-refractivity contribution in [2.24, 2.45) is 5.73 Å². The first-order valence-electron chi connectivity index (χ1n) is 8.04. The molecule has 0 amide bonds. The second kappa shape index (κ2) is 6.12. The standard InChI is InChI=1S/C18H25N3/c1-13(2)21-12-6-5-8-15(19)18(21)17-11-10-14-7-3-4-9-16(14)20-17/h3-4,7,9-11,13,15,18H,5-6,8,12,19H2,1-2H3. The normalized spacial score (nSPS) is 24.4. The third kappa shape index (κ3) is 2.94. The van der Waals surface area contributed by atoms with E-state index in [9.17, 15) is 0 Å². The van der Waals surface area contributed by atoms with Crippen molar-refractivity contribution in [2.75, 3.05) is 6.54 Å². The summed E-state index contributed by atoms with van der Waals surface area (Å²) in [7, 11) is 0. The molecule has 1 aliphatic heterocycles. The van der Waals surface area contributed by atoms with Crippen LogP contribution >= 0.6 is 0 Å². The van der Waals surface area contributed by atoms with Crippen molar-refractivity contribution in [2.45, 2.75) is 51.2 Å². The van der Waals surface area contributed by atoms with Gasteiger partial charge in [-0.3, -0.25) is 9.88 Å². The van der Waals surface area contributed by atoms with E-state index in [-0.39, 0.29) is 12.1 Å². The van der Waals surface area contributed by atoms with E-state index >= 15 is 0 Å². The molecule has 21 heavy (non-hydrogen) atoms. The monoisotopic (exact) mass is 283 g/mol. The Morgan fingerprint density at radius 3 is 2.76 bits per heavy atom. The summed E-state index contributed by atoms with van der Waals surface area (Å²) in [6.07, 6.45) is 3.53. The van der Waals surface area contributed by atoms with Crippen LogP contribution in [0.5, 0.6) is 0 Å². The average Bonchev–Trinajstić information content (AvgIpc) is 2.68. The van der Waals surface area contributed by atoms with Crippen LogP contribution in [-0.4, -0.2) is 28.5 Å². The summed E-state index contributed by atoms with van der Waals surface area (Å²) in [6, 6.07) is 13.5. The first-order chi connectivity index (χ1) is 10.2. The molecule has 2 atom stereocenters. The summed E-state index contributed by atoms with van der Waals surface area (Å²) in [5, 5.41) is 1.19. The van der Waals surface area contributed by atoms with E-state index in [0.717, 1.165) is 24.2 Å². The fraction of sp³-hybridized carbons (Fsp3) is 0.500. The van der Waals surface area contributed by atoms with Gasteiger partial charge in [-0.2, -0.15) is 0 Å². The molecular formula is C18H25N3. The molecular weight excluding hydrogens is 258 g/mol. The Kier molecular flexibility index (Phi) is 4.22. The lowest BCUT2D eigenvalue weighted by molar-refractivity contribution is 0.141. The maximum Gasteiger partial charge on any atom is 0.0706 e. The van der Waals surface area contributed by atoms with Crippen LogP contribution in [0.4, 0.5) is 0 Å². The van der Waals surface area contributed by atoms with Crippen LogP contribution in [0, 0.1) is 0 Å². The lowest BCUT2D eigenvalue weighted by atomic mass is 9.99. The second-order valence-corrected chi connectivity index (χ2v) is 6.36. The Balaban J connectivity index is 2.03. The van der Waals surface area contributed by atoms with Crippen LogP contribution in [0.1, 0.15) is 44.8 Å². The highest BCUT2D eigenvalue weighted by Gasteiger charge is 2.31. The van der Waals surface area contributed by atoms with Gasteiger partial charge in [0.05, 0.1) is 17.3 Å². The number of nitrogens with zero attached hydrogens (tertiary/aromatic N) is 2. The van der Waals surface area contributed by atoms with Crippen molar-refractivity contribution in [1.29, 1.82) is 0 Å². The topological polar surface area (TPSA) is 42.1 Å². The van der Waals surface area contributed by atoms with Crippen molar-refractivity contribution >= 4 is 10.9 Å². The molecule has 1 saturated heterocycles. The van der Waals surface area contributed by atoms with E-state index in [2.05, 4.69) is 49.1 Å². The van der Waals surface area contributed by atoms with Crippen molar-refractivity contribution in [3.63, 3.8) is 0 Å². The molecule has 0 spiro atoms. The summed E-state index contributed by atoms with van der Waals surface area (Å²) in [5.41, 5.74) is 8.69. The predicted molar refractivity (Wildman–Crippen MR) is 88.2 cm³/mol. The molecule has 2 unspecified atom stereocenters. The van der Waals surface area contributed by atoms with Gasteiger partial charge in [0.2, 0.25) is 0 Å². The Labute approximate surface area is 127 Å². The number of pyridine rings is 1. The number of rotatable bonds is 2. The fourth-order valence-corrected chi connectivity index (χ4v) is 3.43. The fourth-order valence-electron chi connectivity index (χ4n) is 3.43. The van der Waals surface area contributed by atoms with Gasteiger partial charge < -0.3 is 5.73 Å². The molecule has 112 valence electrons. The maximum absolute atomic E-state index is 6.50. The van der Waals surface area contributed by atoms with Crippen LogP contribution in [0.25, 0.3) is 10.9 Å². The van der Waals surface area contributed by atoms with Gasteiger partial charge >= 0.3 is 0 Å². The smallest absolute Gasteiger partial charge is 0.0706 e. The molecule has 1 fully saturated rings. The Hall–Kier alpha value is -1.45. The Morgan fingerprint density at radius 2 is 1.95 bits per heavy atom. The average molecular weight is 283 g/mol. The number of likely N-dealkylation sites (tertiary alicyclic amines) is 1. The second-order valence-electron chi connectivity index (χ2n) is 6.36. The van der Waals surface area contributed by atoms with Crippen LogP contribution in [0.15, 0.2) is 36.4 Å². The molecule has 2 N–H and O–H groups in total. The van der Waals surface area contributed by atoms with Crippen molar-refractivity contribution in [1.82, 2.24) is 9.88 Å². The lowest BCUT2D eigenvalue weighted by Crippen LogP contribution is -2.43. The molecule has 0 bridgehead atoms.